The molecule has 1 rings (SSSR count). The Morgan fingerprint density at radius 3 is 2.42 bits per heavy atom. The van der Waals surface area contributed by atoms with Crippen molar-refractivity contribution < 1.29 is 0 Å². The minimum atomic E-state index is 0.783. The topological polar surface area (TPSA) is 3.24 Å². The fourth-order valence-electron chi connectivity index (χ4n) is 1.69. The molecule has 0 aliphatic heterocycles. The molecule has 1 aromatic carbocycles. The smallest absolute Gasteiger partial charge is 0.0411 e. The standard InChI is InChI=1S/C18H21N/c1-4-6-7-8-12-16-19(17(3)13-5-2)18-14-10-9-11-15-18/h4-12,14-15H,1-3,13,16H2/b7-6-,12-8-. The van der Waals surface area contributed by atoms with Crippen molar-refractivity contribution in [3.05, 3.63) is 92.2 Å². The van der Waals surface area contributed by atoms with Gasteiger partial charge in [0.15, 0.2) is 0 Å². The lowest BCUT2D eigenvalue weighted by Crippen LogP contribution is -2.21. The molecule has 1 aromatic rings. The molecule has 0 unspecified atom stereocenters. The average molecular weight is 251 g/mol. The van der Waals surface area contributed by atoms with Crippen molar-refractivity contribution >= 4 is 5.69 Å². The molecule has 1 heteroatoms. The van der Waals surface area contributed by atoms with E-state index in [4.69, 9.17) is 0 Å². The summed E-state index contributed by atoms with van der Waals surface area (Å²) in [7, 11) is 0. The highest BCUT2D eigenvalue weighted by molar-refractivity contribution is 5.52. The molecule has 0 amide bonds. The Bertz CT molecular complexity index is 466. The molecule has 0 radical (unpaired) electrons. The Labute approximate surface area is 116 Å². The second kappa shape index (κ2) is 8.76. The molecule has 1 nitrogen and oxygen atoms in total. The average Bonchev–Trinajstić information content (AvgIpc) is 2.44. The van der Waals surface area contributed by atoms with E-state index in [0.29, 0.717) is 0 Å². The van der Waals surface area contributed by atoms with Gasteiger partial charge in [-0.2, -0.15) is 0 Å². The van der Waals surface area contributed by atoms with Gasteiger partial charge in [0.05, 0.1) is 0 Å². The van der Waals surface area contributed by atoms with Crippen LogP contribution in [0.25, 0.3) is 0 Å². The number of anilines is 1. The van der Waals surface area contributed by atoms with E-state index in [1.54, 1.807) is 6.08 Å². The summed E-state index contributed by atoms with van der Waals surface area (Å²) in [6, 6.07) is 10.2. The van der Waals surface area contributed by atoms with Crippen LogP contribution in [-0.4, -0.2) is 6.54 Å². The first-order chi connectivity index (χ1) is 9.29. The Morgan fingerprint density at radius 2 is 1.79 bits per heavy atom. The van der Waals surface area contributed by atoms with Crippen LogP contribution in [0.4, 0.5) is 5.69 Å². The Morgan fingerprint density at radius 1 is 1.05 bits per heavy atom. The van der Waals surface area contributed by atoms with Crippen molar-refractivity contribution in [2.24, 2.45) is 0 Å². The van der Waals surface area contributed by atoms with Gasteiger partial charge in [0, 0.05) is 24.4 Å². The summed E-state index contributed by atoms with van der Waals surface area (Å²) in [5, 5.41) is 0. The van der Waals surface area contributed by atoms with Crippen LogP contribution in [0.3, 0.4) is 0 Å². The third-order valence-electron chi connectivity index (χ3n) is 2.61. The fraction of sp³-hybridized carbons (Fsp3) is 0.111. The molecule has 0 heterocycles. The summed E-state index contributed by atoms with van der Waals surface area (Å²) in [5.41, 5.74) is 2.19. The first-order valence-electron chi connectivity index (χ1n) is 6.35. The van der Waals surface area contributed by atoms with Gasteiger partial charge in [-0.05, 0) is 12.1 Å². The lowest BCUT2D eigenvalue weighted by Gasteiger charge is -2.25. The van der Waals surface area contributed by atoms with E-state index >= 15 is 0 Å². The van der Waals surface area contributed by atoms with Gasteiger partial charge >= 0.3 is 0 Å². The van der Waals surface area contributed by atoms with Crippen molar-refractivity contribution in [1.29, 1.82) is 0 Å². The monoisotopic (exact) mass is 251 g/mol. The van der Waals surface area contributed by atoms with Crippen LogP contribution in [0.1, 0.15) is 6.42 Å². The molecule has 0 aliphatic carbocycles. The Balaban J connectivity index is 2.78. The summed E-state index contributed by atoms with van der Waals surface area (Å²) < 4.78 is 0. The number of allylic oxidation sites excluding steroid dienone is 5. The number of rotatable bonds is 8. The minimum Gasteiger partial charge on any atom is -0.342 e. The zero-order valence-electron chi connectivity index (χ0n) is 11.3. The molecular formula is C18H21N. The lowest BCUT2D eigenvalue weighted by atomic mass is 10.2. The molecule has 0 aromatic heterocycles. The molecule has 0 bridgehead atoms. The second-order valence-electron chi connectivity index (χ2n) is 4.05. The van der Waals surface area contributed by atoms with Crippen LogP contribution in [0, 0.1) is 0 Å². The van der Waals surface area contributed by atoms with Crippen molar-refractivity contribution in [3.63, 3.8) is 0 Å². The lowest BCUT2D eigenvalue weighted by molar-refractivity contribution is 0.973. The van der Waals surface area contributed by atoms with Gasteiger partial charge in [0.1, 0.15) is 0 Å². The van der Waals surface area contributed by atoms with Gasteiger partial charge in [-0.15, -0.1) is 6.58 Å². The number of hydrogen-bond donors (Lipinski definition) is 0. The van der Waals surface area contributed by atoms with Crippen LogP contribution in [0.15, 0.2) is 92.2 Å². The first kappa shape index (κ1) is 14.8. The molecule has 98 valence electrons. The second-order valence-corrected chi connectivity index (χ2v) is 4.05. The van der Waals surface area contributed by atoms with Crippen LogP contribution in [0.5, 0.6) is 0 Å². The van der Waals surface area contributed by atoms with E-state index in [-0.39, 0.29) is 0 Å². The summed E-state index contributed by atoms with van der Waals surface area (Å²) in [5.74, 6) is 0. The number of nitrogens with zero attached hydrogens (tertiary/aromatic N) is 1. The molecule has 0 saturated heterocycles. The largest absolute Gasteiger partial charge is 0.342 e. The zero-order valence-corrected chi connectivity index (χ0v) is 11.3. The number of hydrogen-bond acceptors (Lipinski definition) is 1. The third kappa shape index (κ3) is 5.26. The highest BCUT2D eigenvalue weighted by Crippen LogP contribution is 2.19. The Hall–Kier alpha value is -2.28. The highest BCUT2D eigenvalue weighted by Gasteiger charge is 2.06. The van der Waals surface area contributed by atoms with Crippen LogP contribution < -0.4 is 4.90 Å². The van der Waals surface area contributed by atoms with Gasteiger partial charge in [-0.1, -0.05) is 67.8 Å². The third-order valence-corrected chi connectivity index (χ3v) is 2.61. The molecule has 0 spiro atoms. The number of para-hydroxylation sites is 1. The van der Waals surface area contributed by atoms with Crippen molar-refractivity contribution in [2.75, 3.05) is 11.4 Å². The van der Waals surface area contributed by atoms with Gasteiger partial charge in [-0.25, -0.2) is 0 Å². The molecule has 19 heavy (non-hydrogen) atoms. The summed E-state index contributed by atoms with van der Waals surface area (Å²) in [6.45, 7) is 12.3. The predicted molar refractivity (Wildman–Crippen MR) is 86.2 cm³/mol. The maximum absolute atomic E-state index is 4.12. The molecule has 0 saturated carbocycles. The van der Waals surface area contributed by atoms with E-state index in [0.717, 1.165) is 24.4 Å². The zero-order chi connectivity index (χ0) is 13.9. The van der Waals surface area contributed by atoms with Gasteiger partial charge in [0.25, 0.3) is 0 Å². The SMILES string of the molecule is C=C/C=C\C=C/CN(C(=C)CC=C)c1ccccc1. The van der Waals surface area contributed by atoms with Crippen molar-refractivity contribution in [3.8, 4) is 0 Å². The van der Waals surface area contributed by atoms with Crippen molar-refractivity contribution in [2.45, 2.75) is 6.42 Å². The molecular weight excluding hydrogens is 230 g/mol. The molecule has 0 aliphatic rings. The van der Waals surface area contributed by atoms with E-state index < -0.39 is 0 Å². The molecule has 0 N–H and O–H groups in total. The minimum absolute atomic E-state index is 0.783. The maximum atomic E-state index is 4.12. The van der Waals surface area contributed by atoms with E-state index in [2.05, 4.69) is 42.8 Å². The van der Waals surface area contributed by atoms with Crippen molar-refractivity contribution in [1.82, 2.24) is 0 Å². The van der Waals surface area contributed by atoms with Crippen LogP contribution in [0.2, 0.25) is 0 Å². The summed E-state index contributed by atoms with van der Waals surface area (Å²) in [4.78, 5) is 2.18. The molecule has 0 fully saturated rings. The summed E-state index contributed by atoms with van der Waals surface area (Å²) in [6.07, 6.45) is 12.4. The van der Waals surface area contributed by atoms with Gasteiger partial charge in [0.2, 0.25) is 0 Å². The maximum Gasteiger partial charge on any atom is 0.0411 e. The normalized spacial score (nSPS) is 10.7. The van der Waals surface area contributed by atoms with E-state index in [9.17, 15) is 0 Å². The highest BCUT2D eigenvalue weighted by atomic mass is 15.1. The molecule has 0 atom stereocenters. The van der Waals surface area contributed by atoms with E-state index in [1.807, 2.05) is 42.5 Å². The Kier molecular flexibility index (Phi) is 6.81. The first-order valence-corrected chi connectivity index (χ1v) is 6.35. The fourth-order valence-corrected chi connectivity index (χ4v) is 1.69. The quantitative estimate of drug-likeness (QED) is 0.470. The van der Waals surface area contributed by atoms with Gasteiger partial charge < -0.3 is 4.90 Å². The van der Waals surface area contributed by atoms with Gasteiger partial charge in [-0.3, -0.25) is 0 Å². The van der Waals surface area contributed by atoms with E-state index in [1.165, 1.54) is 0 Å². The van der Waals surface area contributed by atoms with Crippen LogP contribution in [-0.2, 0) is 0 Å². The predicted octanol–water partition coefficient (Wildman–Crippen LogP) is 4.88. The summed E-state index contributed by atoms with van der Waals surface area (Å²) >= 11 is 0. The van der Waals surface area contributed by atoms with Crippen LogP contribution >= 0.6 is 0 Å². The number of benzene rings is 1.